The normalized spacial score (nSPS) is 11.3. The van der Waals surface area contributed by atoms with Crippen LogP contribution >= 0.6 is 34.7 Å². The summed E-state index contributed by atoms with van der Waals surface area (Å²) in [7, 11) is 4.17. The fourth-order valence-electron chi connectivity index (χ4n) is 2.61. The molecule has 3 aromatic rings. The molecule has 0 aliphatic heterocycles. The second kappa shape index (κ2) is 9.06. The molecule has 0 aliphatic carbocycles. The van der Waals surface area contributed by atoms with Crippen LogP contribution in [0.3, 0.4) is 0 Å². The van der Waals surface area contributed by atoms with Crippen LogP contribution in [-0.4, -0.2) is 43.8 Å². The van der Waals surface area contributed by atoms with Gasteiger partial charge in [0.15, 0.2) is 5.13 Å². The van der Waals surface area contributed by atoms with Gasteiger partial charge < -0.3 is 4.90 Å². The molecular formula is C20H23ClN3OS2+. The number of aryl methyl sites for hydroxylation is 1. The lowest BCUT2D eigenvalue weighted by Crippen LogP contribution is -3.06. The number of rotatable bonds is 7. The molecule has 2 aromatic carbocycles. The first-order chi connectivity index (χ1) is 13.0. The lowest BCUT2D eigenvalue weighted by molar-refractivity contribution is -0.856. The van der Waals surface area contributed by atoms with E-state index in [1.807, 2.05) is 54.3 Å². The van der Waals surface area contributed by atoms with E-state index in [0.717, 1.165) is 32.4 Å². The first-order valence-electron chi connectivity index (χ1n) is 8.78. The number of hydrogen-bond donors (Lipinski definition) is 1. The highest BCUT2D eigenvalue weighted by Crippen LogP contribution is 2.35. The minimum Gasteiger partial charge on any atom is -0.338 e. The number of carbonyl (C=O) groups excluding carboxylic acids is 1. The van der Waals surface area contributed by atoms with E-state index in [1.165, 1.54) is 16.2 Å². The Morgan fingerprint density at radius 3 is 2.63 bits per heavy atom. The number of nitrogens with one attached hydrogen (secondary N) is 1. The fraction of sp³-hybridized carbons (Fsp3) is 0.300. The highest BCUT2D eigenvalue weighted by molar-refractivity contribution is 8.00. The van der Waals surface area contributed by atoms with Gasteiger partial charge in [0.2, 0.25) is 5.91 Å². The molecular weight excluding hydrogens is 398 g/mol. The van der Waals surface area contributed by atoms with Crippen LogP contribution < -0.4 is 9.80 Å². The van der Waals surface area contributed by atoms with Gasteiger partial charge in [0.1, 0.15) is 0 Å². The van der Waals surface area contributed by atoms with Crippen LogP contribution in [0.15, 0.2) is 47.4 Å². The van der Waals surface area contributed by atoms with Gasteiger partial charge in [-0.25, -0.2) is 4.98 Å². The van der Waals surface area contributed by atoms with Crippen molar-refractivity contribution in [2.75, 3.05) is 37.8 Å². The van der Waals surface area contributed by atoms with E-state index in [0.29, 0.717) is 17.3 Å². The first kappa shape index (κ1) is 20.1. The van der Waals surface area contributed by atoms with E-state index in [1.54, 1.807) is 11.8 Å². The van der Waals surface area contributed by atoms with Crippen molar-refractivity contribution >= 4 is 56.0 Å². The summed E-state index contributed by atoms with van der Waals surface area (Å²) < 4.78 is 0.942. The van der Waals surface area contributed by atoms with Crippen molar-refractivity contribution in [2.45, 2.75) is 11.8 Å². The third kappa shape index (κ3) is 5.02. The number of aromatic nitrogens is 1. The molecule has 0 saturated heterocycles. The van der Waals surface area contributed by atoms with Gasteiger partial charge in [0, 0.05) is 4.90 Å². The van der Waals surface area contributed by atoms with Crippen molar-refractivity contribution in [3.63, 3.8) is 0 Å². The average Bonchev–Trinajstić information content (AvgIpc) is 3.10. The number of thioether (sulfide) groups is 1. The number of likely N-dealkylation sites (N-methyl/N-ethyl adjacent to an activating group) is 1. The van der Waals surface area contributed by atoms with Crippen molar-refractivity contribution in [1.29, 1.82) is 0 Å². The smallest absolute Gasteiger partial charge is 0.239 e. The maximum absolute atomic E-state index is 13.0. The molecule has 7 heteroatoms. The zero-order valence-electron chi connectivity index (χ0n) is 15.7. The number of benzene rings is 2. The molecule has 0 saturated carbocycles. The maximum atomic E-state index is 13.0. The first-order valence-corrected chi connectivity index (χ1v) is 11.0. The number of nitrogens with zero attached hydrogens (tertiary/aromatic N) is 2. The van der Waals surface area contributed by atoms with E-state index in [2.05, 4.69) is 14.1 Å². The van der Waals surface area contributed by atoms with Crippen LogP contribution in [0.2, 0.25) is 5.02 Å². The summed E-state index contributed by atoms with van der Waals surface area (Å²) in [6.45, 7) is 3.50. The number of anilines is 1. The Hall–Kier alpha value is -1.60. The van der Waals surface area contributed by atoms with Gasteiger partial charge in [-0.3, -0.25) is 9.69 Å². The van der Waals surface area contributed by atoms with E-state index in [-0.39, 0.29) is 5.91 Å². The number of amides is 1. The van der Waals surface area contributed by atoms with Crippen LogP contribution in [-0.2, 0) is 4.79 Å². The predicted molar refractivity (Wildman–Crippen MR) is 117 cm³/mol. The lowest BCUT2D eigenvalue weighted by atomic mass is 10.2. The summed E-state index contributed by atoms with van der Waals surface area (Å²) in [5.74, 6) is 0.452. The molecule has 1 N–H and O–H groups in total. The Labute approximate surface area is 173 Å². The molecule has 0 fully saturated rings. The van der Waals surface area contributed by atoms with Gasteiger partial charge in [-0.05, 0) is 30.7 Å². The Morgan fingerprint density at radius 2 is 1.96 bits per heavy atom. The molecule has 0 unspecified atom stereocenters. The van der Waals surface area contributed by atoms with E-state index >= 15 is 0 Å². The Morgan fingerprint density at radius 1 is 1.22 bits per heavy atom. The molecule has 142 valence electrons. The monoisotopic (exact) mass is 420 g/mol. The Bertz CT molecular complexity index is 889. The van der Waals surface area contributed by atoms with Gasteiger partial charge in [-0.15, -0.1) is 11.8 Å². The zero-order chi connectivity index (χ0) is 19.4. The molecule has 3 rings (SSSR count). The minimum atomic E-state index is 0.0675. The molecule has 1 aromatic heterocycles. The highest BCUT2D eigenvalue weighted by Gasteiger charge is 2.22. The van der Waals surface area contributed by atoms with Gasteiger partial charge >= 0.3 is 0 Å². The second-order valence-electron chi connectivity index (χ2n) is 6.64. The minimum absolute atomic E-state index is 0.0675. The van der Waals surface area contributed by atoms with E-state index < -0.39 is 0 Å². The Kier molecular flexibility index (Phi) is 6.76. The van der Waals surface area contributed by atoms with Crippen LogP contribution in [0.5, 0.6) is 0 Å². The lowest BCUT2D eigenvalue weighted by Gasteiger charge is -2.20. The number of hydrogen-bond acceptors (Lipinski definition) is 4. The van der Waals surface area contributed by atoms with Crippen molar-refractivity contribution in [2.24, 2.45) is 0 Å². The zero-order valence-corrected chi connectivity index (χ0v) is 18.0. The molecule has 4 nitrogen and oxygen atoms in total. The summed E-state index contributed by atoms with van der Waals surface area (Å²) in [6.07, 6.45) is 0. The van der Waals surface area contributed by atoms with Crippen molar-refractivity contribution < 1.29 is 9.69 Å². The van der Waals surface area contributed by atoms with Gasteiger partial charge in [0.05, 0.1) is 48.2 Å². The summed E-state index contributed by atoms with van der Waals surface area (Å²) in [4.78, 5) is 21.9. The molecule has 0 atom stereocenters. The molecule has 1 heterocycles. The van der Waals surface area contributed by atoms with Crippen LogP contribution in [0.25, 0.3) is 10.2 Å². The maximum Gasteiger partial charge on any atom is 0.239 e. The quantitative estimate of drug-likeness (QED) is 0.594. The molecule has 0 aliphatic rings. The van der Waals surface area contributed by atoms with E-state index in [9.17, 15) is 4.79 Å². The van der Waals surface area contributed by atoms with Gasteiger partial charge in [-0.2, -0.15) is 0 Å². The molecule has 1 amide bonds. The number of halogens is 1. The van der Waals surface area contributed by atoms with Gasteiger partial charge in [-0.1, -0.05) is 47.2 Å². The van der Waals surface area contributed by atoms with Crippen molar-refractivity contribution in [3.8, 4) is 0 Å². The topological polar surface area (TPSA) is 37.6 Å². The fourth-order valence-corrected chi connectivity index (χ4v) is 4.76. The van der Waals surface area contributed by atoms with E-state index in [4.69, 9.17) is 16.6 Å². The summed E-state index contributed by atoms with van der Waals surface area (Å²) >= 11 is 9.40. The number of quaternary nitrogens is 1. The third-order valence-corrected chi connectivity index (χ3v) is 6.69. The summed E-state index contributed by atoms with van der Waals surface area (Å²) in [5.41, 5.74) is 1.95. The Balaban J connectivity index is 1.85. The third-order valence-electron chi connectivity index (χ3n) is 4.16. The second-order valence-corrected chi connectivity index (χ2v) is 9.08. The highest BCUT2D eigenvalue weighted by atomic mass is 35.5. The van der Waals surface area contributed by atoms with Gasteiger partial charge in [0.25, 0.3) is 0 Å². The standard InChI is InChI=1S/C20H22ClN3OS2/c1-14-9-10-16(21)19-18(14)22-20(27-19)24(12-11-23(2)3)17(25)13-26-15-7-5-4-6-8-15/h4-10H,11-13H2,1-3H3/p+1. The van der Waals surface area contributed by atoms with Crippen molar-refractivity contribution in [1.82, 2.24) is 4.98 Å². The molecule has 0 spiro atoms. The average molecular weight is 421 g/mol. The van der Waals surface area contributed by atoms with Crippen LogP contribution in [0, 0.1) is 6.92 Å². The molecule has 0 radical (unpaired) electrons. The number of carbonyl (C=O) groups is 1. The molecule has 0 bridgehead atoms. The number of thiazole rings is 1. The van der Waals surface area contributed by atoms with Crippen LogP contribution in [0.4, 0.5) is 5.13 Å². The van der Waals surface area contributed by atoms with Crippen LogP contribution in [0.1, 0.15) is 5.56 Å². The predicted octanol–water partition coefficient (Wildman–Crippen LogP) is 3.53. The van der Waals surface area contributed by atoms with Crippen molar-refractivity contribution in [3.05, 3.63) is 53.1 Å². The largest absolute Gasteiger partial charge is 0.338 e. The number of fused-ring (bicyclic) bond motifs is 1. The summed E-state index contributed by atoms with van der Waals surface area (Å²) in [6, 6.07) is 13.8. The SMILES string of the molecule is Cc1ccc(Cl)c2sc(N(CC[NH+](C)C)C(=O)CSc3ccccc3)nc12. The molecule has 27 heavy (non-hydrogen) atoms. The summed E-state index contributed by atoms with van der Waals surface area (Å²) in [5, 5.41) is 1.41.